The highest BCUT2D eigenvalue weighted by atomic mass is 16.5. The number of esters is 1. The van der Waals surface area contributed by atoms with E-state index in [2.05, 4.69) is 41.3 Å². The van der Waals surface area contributed by atoms with Crippen LogP contribution >= 0.6 is 0 Å². The monoisotopic (exact) mass is 568 g/mol. The number of benzene rings is 2. The maximum absolute atomic E-state index is 13.7. The van der Waals surface area contributed by atoms with Gasteiger partial charge in [0.1, 0.15) is 6.61 Å². The van der Waals surface area contributed by atoms with Gasteiger partial charge in [0.15, 0.2) is 0 Å². The smallest absolute Gasteiger partial charge is 0.340 e. The second-order valence-corrected chi connectivity index (χ2v) is 12.7. The first kappa shape index (κ1) is 28.6. The summed E-state index contributed by atoms with van der Waals surface area (Å²) in [6.07, 6.45) is 12.7. The van der Waals surface area contributed by atoms with Crippen LogP contribution < -0.4 is 4.90 Å². The Hall–Kier alpha value is -3.55. The number of likely N-dealkylation sites (tertiary alicyclic amines) is 1. The number of para-hydroxylation sites is 1. The van der Waals surface area contributed by atoms with Crippen LogP contribution in [0.1, 0.15) is 67.8 Å². The summed E-state index contributed by atoms with van der Waals surface area (Å²) in [4.78, 5) is 42.5. The van der Waals surface area contributed by atoms with Crippen LogP contribution in [0, 0.1) is 10.8 Å². The molecule has 2 aliphatic carbocycles. The van der Waals surface area contributed by atoms with Crippen molar-refractivity contribution < 1.29 is 24.2 Å². The average molecular weight is 569 g/mol. The molecule has 2 aromatic carbocycles. The zero-order valence-electron chi connectivity index (χ0n) is 24.4. The quantitative estimate of drug-likeness (QED) is 0.266. The van der Waals surface area contributed by atoms with Crippen LogP contribution in [0.2, 0.25) is 0 Å². The van der Waals surface area contributed by atoms with Crippen LogP contribution in [0.3, 0.4) is 0 Å². The van der Waals surface area contributed by atoms with Crippen LogP contribution in [-0.2, 0) is 20.7 Å². The highest BCUT2D eigenvalue weighted by Crippen LogP contribution is 2.62. The van der Waals surface area contributed by atoms with Crippen LogP contribution in [0.4, 0.5) is 5.69 Å². The molecule has 2 fully saturated rings. The summed E-state index contributed by atoms with van der Waals surface area (Å²) in [5.41, 5.74) is 0.189. The van der Waals surface area contributed by atoms with Gasteiger partial charge in [-0.05, 0) is 76.1 Å². The summed E-state index contributed by atoms with van der Waals surface area (Å²) < 4.78 is 6.10. The number of piperidine rings is 1. The maximum Gasteiger partial charge on any atom is 0.340 e. The van der Waals surface area contributed by atoms with Crippen molar-refractivity contribution in [2.45, 2.75) is 63.9 Å². The molecule has 0 aromatic heterocycles. The van der Waals surface area contributed by atoms with E-state index in [4.69, 9.17) is 4.74 Å². The SMILES string of the molecule is CC1=CC(=O)N(c2ccccc2C(=O)OC[C@]23CCC[C@@]4(CCC=CC[C@]42O)CN(CCCc2ccccc2)C3)C1=O. The molecule has 2 aromatic rings. The fourth-order valence-corrected chi connectivity index (χ4v) is 8.13. The molecule has 0 spiro atoms. The standard InChI is InChI=1S/C35H40N2O5/c1-26-22-30(38)37(31(26)39)29-16-7-6-15-28(29)32(40)42-25-34-19-11-18-33(17-8-3-9-20-35(33,34)41)23-36(24-34)21-10-14-27-12-4-2-5-13-27/h2-7,9,12-13,15-16,22,41H,8,10-11,14,17-21,23-25H2,1H3/t33-,34+,35-/m0/s1. The highest BCUT2D eigenvalue weighted by molar-refractivity contribution is 6.31. The Balaban J connectivity index is 1.25. The summed E-state index contributed by atoms with van der Waals surface area (Å²) in [5.74, 6) is -1.49. The molecule has 6 rings (SSSR count). The zero-order valence-corrected chi connectivity index (χ0v) is 24.4. The van der Waals surface area contributed by atoms with Crippen molar-refractivity contribution in [1.82, 2.24) is 4.90 Å². The third-order valence-corrected chi connectivity index (χ3v) is 10.2. The number of amides is 2. The van der Waals surface area contributed by atoms with E-state index in [1.165, 1.54) is 11.6 Å². The third kappa shape index (κ3) is 4.82. The molecular formula is C35H40N2O5. The van der Waals surface area contributed by atoms with Crippen molar-refractivity contribution in [3.63, 3.8) is 0 Å². The van der Waals surface area contributed by atoms with E-state index in [-0.39, 0.29) is 23.3 Å². The average Bonchev–Trinajstić information content (AvgIpc) is 3.11. The van der Waals surface area contributed by atoms with E-state index < -0.39 is 28.8 Å². The third-order valence-electron chi connectivity index (χ3n) is 10.2. The first-order chi connectivity index (χ1) is 20.3. The van der Waals surface area contributed by atoms with Gasteiger partial charge in [0.05, 0.1) is 16.9 Å². The van der Waals surface area contributed by atoms with Crippen molar-refractivity contribution in [2.24, 2.45) is 10.8 Å². The van der Waals surface area contributed by atoms with Crippen LogP contribution in [0.15, 0.2) is 78.4 Å². The van der Waals surface area contributed by atoms with Gasteiger partial charge in [0.25, 0.3) is 11.8 Å². The number of anilines is 1. The maximum atomic E-state index is 13.7. The lowest BCUT2D eigenvalue weighted by Gasteiger charge is -2.66. The summed E-state index contributed by atoms with van der Waals surface area (Å²) in [6, 6.07) is 17.1. The minimum absolute atomic E-state index is 0.0839. The number of hydrogen-bond donors (Lipinski definition) is 1. The summed E-state index contributed by atoms with van der Waals surface area (Å²) in [5, 5.41) is 12.6. The van der Waals surface area contributed by atoms with Crippen molar-refractivity contribution >= 4 is 23.5 Å². The van der Waals surface area contributed by atoms with E-state index in [9.17, 15) is 19.5 Å². The number of carbonyl (C=O) groups is 3. The second-order valence-electron chi connectivity index (χ2n) is 12.7. The Morgan fingerprint density at radius 3 is 2.55 bits per heavy atom. The molecule has 220 valence electrons. The van der Waals surface area contributed by atoms with Crippen molar-refractivity contribution in [2.75, 3.05) is 31.1 Å². The van der Waals surface area contributed by atoms with Gasteiger partial charge in [-0.15, -0.1) is 0 Å². The zero-order chi connectivity index (χ0) is 29.4. The summed E-state index contributed by atoms with van der Waals surface area (Å²) in [6.45, 7) is 4.11. The molecule has 1 saturated carbocycles. The number of aryl methyl sites for hydroxylation is 1. The number of imide groups is 1. The minimum Gasteiger partial charge on any atom is -0.461 e. The van der Waals surface area contributed by atoms with E-state index in [0.29, 0.717) is 18.5 Å². The number of hydrogen-bond acceptors (Lipinski definition) is 6. The first-order valence-electron chi connectivity index (χ1n) is 15.2. The molecule has 2 amide bonds. The molecule has 2 aliphatic heterocycles. The predicted octanol–water partition coefficient (Wildman–Crippen LogP) is 5.24. The molecule has 7 nitrogen and oxygen atoms in total. The van der Waals surface area contributed by atoms with Gasteiger partial charge in [-0.1, -0.05) is 61.0 Å². The summed E-state index contributed by atoms with van der Waals surface area (Å²) >= 11 is 0. The van der Waals surface area contributed by atoms with Gasteiger partial charge in [0, 0.05) is 35.6 Å². The van der Waals surface area contributed by atoms with Crippen molar-refractivity contribution in [3.05, 3.63) is 89.5 Å². The van der Waals surface area contributed by atoms with Crippen molar-refractivity contribution in [3.8, 4) is 0 Å². The second kappa shape index (κ2) is 11.3. The van der Waals surface area contributed by atoms with Crippen LogP contribution in [-0.4, -0.2) is 59.6 Å². The lowest BCUT2D eigenvalue weighted by Crippen LogP contribution is -2.73. The molecule has 3 atom stereocenters. The molecule has 0 radical (unpaired) electrons. The van der Waals surface area contributed by atoms with Gasteiger partial charge >= 0.3 is 5.97 Å². The number of rotatable bonds is 8. The lowest BCUT2D eigenvalue weighted by molar-refractivity contribution is -0.255. The normalized spacial score (nSPS) is 29.2. The molecule has 1 N–H and O–H groups in total. The topological polar surface area (TPSA) is 87.2 Å². The van der Waals surface area contributed by atoms with Gasteiger partial charge in [-0.25, -0.2) is 9.69 Å². The van der Waals surface area contributed by atoms with Crippen molar-refractivity contribution in [1.29, 1.82) is 0 Å². The summed E-state index contributed by atoms with van der Waals surface area (Å²) in [7, 11) is 0. The molecule has 42 heavy (non-hydrogen) atoms. The Kier molecular flexibility index (Phi) is 7.66. The molecule has 7 heteroatoms. The molecule has 2 heterocycles. The fraction of sp³-hybridized carbons (Fsp3) is 0.457. The number of ether oxygens (including phenoxy) is 1. The number of aliphatic hydroxyl groups is 1. The first-order valence-corrected chi connectivity index (χ1v) is 15.2. The van der Waals surface area contributed by atoms with E-state index in [1.54, 1.807) is 31.2 Å². The molecule has 1 saturated heterocycles. The number of carbonyl (C=O) groups excluding carboxylic acids is 3. The minimum atomic E-state index is -0.983. The Morgan fingerprint density at radius 1 is 0.976 bits per heavy atom. The lowest BCUT2D eigenvalue weighted by atomic mass is 9.47. The fourth-order valence-electron chi connectivity index (χ4n) is 8.13. The van der Waals surface area contributed by atoms with E-state index in [0.717, 1.165) is 62.9 Å². The van der Waals surface area contributed by atoms with E-state index in [1.807, 2.05) is 6.07 Å². The predicted molar refractivity (Wildman–Crippen MR) is 161 cm³/mol. The number of allylic oxidation sites excluding steroid dienone is 1. The van der Waals surface area contributed by atoms with Gasteiger partial charge in [-0.3, -0.25) is 9.59 Å². The van der Waals surface area contributed by atoms with Crippen LogP contribution in [0.5, 0.6) is 0 Å². The molecule has 2 bridgehead atoms. The largest absolute Gasteiger partial charge is 0.461 e. The molecule has 4 aliphatic rings. The number of nitrogens with zero attached hydrogens (tertiary/aromatic N) is 2. The Morgan fingerprint density at radius 2 is 1.76 bits per heavy atom. The van der Waals surface area contributed by atoms with E-state index >= 15 is 0 Å². The highest BCUT2D eigenvalue weighted by Gasteiger charge is 2.67. The van der Waals surface area contributed by atoms with Gasteiger partial charge < -0.3 is 14.7 Å². The Labute approximate surface area is 247 Å². The van der Waals surface area contributed by atoms with Gasteiger partial charge in [0.2, 0.25) is 0 Å². The Bertz CT molecular complexity index is 1430. The van der Waals surface area contributed by atoms with Gasteiger partial charge in [-0.2, -0.15) is 0 Å². The van der Waals surface area contributed by atoms with Crippen LogP contribution in [0.25, 0.3) is 0 Å². The molecular weight excluding hydrogens is 528 g/mol. The molecule has 0 unspecified atom stereocenters.